The second-order valence-corrected chi connectivity index (χ2v) is 5.86. The van der Waals surface area contributed by atoms with E-state index in [1.165, 1.54) is 0 Å². The molecule has 0 spiro atoms. The molecule has 6 heteroatoms. The molecular weight excluding hydrogens is 282 g/mol. The van der Waals surface area contributed by atoms with Crippen LogP contribution in [0.1, 0.15) is 23.2 Å². The molecule has 22 heavy (non-hydrogen) atoms. The van der Waals surface area contributed by atoms with E-state index in [0.717, 1.165) is 43.9 Å². The SMILES string of the molecule is NC(=O)C1CCN(CC(=O)c2ccc3c(c2)NCCO3)CC1. The van der Waals surface area contributed by atoms with E-state index in [1.807, 2.05) is 18.2 Å². The molecule has 0 aliphatic carbocycles. The molecule has 1 amide bonds. The Hall–Kier alpha value is -2.08. The minimum atomic E-state index is -0.230. The van der Waals surface area contributed by atoms with E-state index in [4.69, 9.17) is 10.5 Å². The summed E-state index contributed by atoms with van der Waals surface area (Å²) in [5, 5.41) is 3.24. The Bertz CT molecular complexity index is 580. The number of anilines is 1. The summed E-state index contributed by atoms with van der Waals surface area (Å²) >= 11 is 0. The van der Waals surface area contributed by atoms with E-state index in [9.17, 15) is 9.59 Å². The fraction of sp³-hybridized carbons (Fsp3) is 0.500. The summed E-state index contributed by atoms with van der Waals surface area (Å²) < 4.78 is 5.51. The van der Waals surface area contributed by atoms with Crippen LogP contribution in [0.15, 0.2) is 18.2 Å². The van der Waals surface area contributed by atoms with Crippen LogP contribution in [-0.4, -0.2) is 49.4 Å². The number of benzene rings is 1. The van der Waals surface area contributed by atoms with Crippen LogP contribution in [0.3, 0.4) is 0 Å². The predicted molar refractivity (Wildman–Crippen MR) is 83.1 cm³/mol. The number of hydrogen-bond acceptors (Lipinski definition) is 5. The van der Waals surface area contributed by atoms with Gasteiger partial charge in [0, 0.05) is 18.0 Å². The van der Waals surface area contributed by atoms with Crippen molar-refractivity contribution >= 4 is 17.4 Å². The normalized spacial score (nSPS) is 18.9. The number of amides is 1. The van der Waals surface area contributed by atoms with Crippen molar-refractivity contribution in [2.24, 2.45) is 11.7 Å². The minimum absolute atomic E-state index is 0.0450. The first kappa shape index (κ1) is 14.8. The van der Waals surface area contributed by atoms with Crippen LogP contribution in [0.25, 0.3) is 0 Å². The summed E-state index contributed by atoms with van der Waals surface area (Å²) in [6.07, 6.45) is 1.48. The number of carbonyl (C=O) groups excluding carboxylic acids is 2. The summed E-state index contributed by atoms with van der Waals surface area (Å²) in [5.41, 5.74) is 6.89. The Balaban J connectivity index is 1.59. The average molecular weight is 303 g/mol. The van der Waals surface area contributed by atoms with Crippen molar-refractivity contribution in [3.63, 3.8) is 0 Å². The fourth-order valence-electron chi connectivity index (χ4n) is 2.98. The summed E-state index contributed by atoms with van der Waals surface area (Å²) in [5.74, 6) is 0.612. The topological polar surface area (TPSA) is 84.7 Å². The standard InChI is InChI=1S/C16H21N3O3/c17-16(21)11-3-6-19(7-4-11)10-14(20)12-1-2-15-13(9-12)18-5-8-22-15/h1-2,9,11,18H,3-8,10H2,(H2,17,21). The maximum atomic E-state index is 12.4. The zero-order chi connectivity index (χ0) is 15.5. The maximum Gasteiger partial charge on any atom is 0.220 e. The molecule has 3 rings (SSSR count). The third kappa shape index (κ3) is 3.22. The zero-order valence-electron chi connectivity index (χ0n) is 12.5. The number of ether oxygens (including phenoxy) is 1. The lowest BCUT2D eigenvalue weighted by Crippen LogP contribution is -2.40. The van der Waals surface area contributed by atoms with Gasteiger partial charge in [-0.05, 0) is 44.1 Å². The second kappa shape index (κ2) is 6.36. The van der Waals surface area contributed by atoms with E-state index in [2.05, 4.69) is 10.2 Å². The summed E-state index contributed by atoms with van der Waals surface area (Å²) in [4.78, 5) is 25.7. The lowest BCUT2D eigenvalue weighted by atomic mass is 9.96. The number of rotatable bonds is 4. The Kier molecular flexibility index (Phi) is 4.29. The van der Waals surface area contributed by atoms with Crippen LogP contribution in [0.4, 0.5) is 5.69 Å². The third-order valence-electron chi connectivity index (χ3n) is 4.33. The summed E-state index contributed by atoms with van der Waals surface area (Å²) in [7, 11) is 0. The molecule has 1 fully saturated rings. The molecule has 118 valence electrons. The van der Waals surface area contributed by atoms with E-state index < -0.39 is 0 Å². The lowest BCUT2D eigenvalue weighted by Gasteiger charge is -2.29. The average Bonchev–Trinajstić information content (AvgIpc) is 2.55. The highest BCUT2D eigenvalue weighted by molar-refractivity contribution is 5.98. The fourth-order valence-corrected chi connectivity index (χ4v) is 2.98. The zero-order valence-corrected chi connectivity index (χ0v) is 12.5. The molecule has 0 saturated carbocycles. The number of fused-ring (bicyclic) bond motifs is 1. The van der Waals surface area contributed by atoms with E-state index >= 15 is 0 Å². The Morgan fingerprint density at radius 2 is 2.09 bits per heavy atom. The molecule has 3 N–H and O–H groups in total. The summed E-state index contributed by atoms with van der Waals surface area (Å²) in [6, 6.07) is 5.51. The van der Waals surface area contributed by atoms with Gasteiger partial charge in [0.15, 0.2) is 5.78 Å². The highest BCUT2D eigenvalue weighted by Crippen LogP contribution is 2.28. The van der Waals surface area contributed by atoms with Gasteiger partial charge in [-0.3, -0.25) is 14.5 Å². The number of likely N-dealkylation sites (tertiary alicyclic amines) is 1. The molecule has 1 saturated heterocycles. The van der Waals surface area contributed by atoms with Crippen LogP contribution in [0, 0.1) is 5.92 Å². The van der Waals surface area contributed by atoms with Gasteiger partial charge in [-0.15, -0.1) is 0 Å². The van der Waals surface area contributed by atoms with Crippen LogP contribution < -0.4 is 15.8 Å². The number of hydrogen-bond donors (Lipinski definition) is 2. The molecular formula is C16H21N3O3. The number of ketones is 1. The highest BCUT2D eigenvalue weighted by atomic mass is 16.5. The highest BCUT2D eigenvalue weighted by Gasteiger charge is 2.24. The molecule has 0 unspecified atom stereocenters. The first-order valence-corrected chi connectivity index (χ1v) is 7.69. The van der Waals surface area contributed by atoms with Crippen molar-refractivity contribution in [3.05, 3.63) is 23.8 Å². The van der Waals surface area contributed by atoms with Crippen molar-refractivity contribution in [2.45, 2.75) is 12.8 Å². The van der Waals surface area contributed by atoms with Crippen molar-refractivity contribution < 1.29 is 14.3 Å². The smallest absolute Gasteiger partial charge is 0.220 e. The maximum absolute atomic E-state index is 12.4. The minimum Gasteiger partial charge on any atom is -0.490 e. The van der Waals surface area contributed by atoms with Gasteiger partial charge in [-0.2, -0.15) is 0 Å². The lowest BCUT2D eigenvalue weighted by molar-refractivity contribution is -0.123. The molecule has 2 aliphatic heterocycles. The number of piperidine rings is 1. The van der Waals surface area contributed by atoms with Crippen molar-refractivity contribution in [1.82, 2.24) is 4.90 Å². The Labute approximate surface area is 129 Å². The van der Waals surface area contributed by atoms with Gasteiger partial charge in [-0.1, -0.05) is 0 Å². The van der Waals surface area contributed by atoms with Crippen LogP contribution in [0.2, 0.25) is 0 Å². The van der Waals surface area contributed by atoms with Gasteiger partial charge >= 0.3 is 0 Å². The summed E-state index contributed by atoms with van der Waals surface area (Å²) in [6.45, 7) is 3.27. The molecule has 2 aliphatic rings. The second-order valence-electron chi connectivity index (χ2n) is 5.86. The molecule has 0 aromatic heterocycles. The van der Waals surface area contributed by atoms with Gasteiger partial charge in [0.2, 0.25) is 5.91 Å². The molecule has 6 nitrogen and oxygen atoms in total. The number of nitrogens with one attached hydrogen (secondary N) is 1. The van der Waals surface area contributed by atoms with E-state index in [-0.39, 0.29) is 17.6 Å². The Morgan fingerprint density at radius 1 is 1.32 bits per heavy atom. The van der Waals surface area contributed by atoms with Gasteiger partial charge in [0.25, 0.3) is 0 Å². The largest absolute Gasteiger partial charge is 0.490 e. The third-order valence-corrected chi connectivity index (χ3v) is 4.33. The first-order valence-electron chi connectivity index (χ1n) is 7.69. The monoisotopic (exact) mass is 303 g/mol. The molecule has 1 aromatic rings. The Morgan fingerprint density at radius 3 is 2.82 bits per heavy atom. The molecule has 2 heterocycles. The number of Topliss-reactive ketones (excluding diaryl/α,β-unsaturated/α-hetero) is 1. The molecule has 0 atom stereocenters. The predicted octanol–water partition coefficient (Wildman–Crippen LogP) is 0.871. The van der Waals surface area contributed by atoms with Crippen molar-refractivity contribution in [1.29, 1.82) is 0 Å². The first-order chi connectivity index (χ1) is 10.6. The molecule has 0 bridgehead atoms. The van der Waals surface area contributed by atoms with E-state index in [0.29, 0.717) is 18.7 Å². The quantitative estimate of drug-likeness (QED) is 0.806. The van der Waals surface area contributed by atoms with Gasteiger partial charge in [-0.25, -0.2) is 0 Å². The molecule has 0 radical (unpaired) electrons. The van der Waals surface area contributed by atoms with Crippen LogP contribution in [-0.2, 0) is 4.79 Å². The number of primary amides is 1. The van der Waals surface area contributed by atoms with Crippen LogP contribution >= 0.6 is 0 Å². The number of nitrogens with two attached hydrogens (primary N) is 1. The van der Waals surface area contributed by atoms with Gasteiger partial charge < -0.3 is 15.8 Å². The number of carbonyl (C=O) groups is 2. The van der Waals surface area contributed by atoms with Crippen molar-refractivity contribution in [3.8, 4) is 5.75 Å². The van der Waals surface area contributed by atoms with Gasteiger partial charge in [0.05, 0.1) is 12.2 Å². The number of nitrogens with zero attached hydrogens (tertiary/aromatic N) is 1. The molecule has 1 aromatic carbocycles. The van der Waals surface area contributed by atoms with E-state index in [1.54, 1.807) is 0 Å². The van der Waals surface area contributed by atoms with Crippen molar-refractivity contribution in [2.75, 3.05) is 38.1 Å². The van der Waals surface area contributed by atoms with Crippen LogP contribution in [0.5, 0.6) is 5.75 Å². The van der Waals surface area contributed by atoms with Gasteiger partial charge in [0.1, 0.15) is 12.4 Å².